The quantitative estimate of drug-likeness (QED) is 0.832. The first kappa shape index (κ1) is 11.7. The van der Waals surface area contributed by atoms with E-state index in [-0.39, 0.29) is 17.4 Å². The molecule has 2 unspecified atom stereocenters. The second-order valence-corrected chi connectivity index (χ2v) is 4.74. The van der Waals surface area contributed by atoms with Crippen LogP contribution in [0.1, 0.15) is 19.3 Å². The Morgan fingerprint density at radius 2 is 2.33 bits per heavy atom. The van der Waals surface area contributed by atoms with Gasteiger partial charge in [0.05, 0.1) is 18.5 Å². The average Bonchev–Trinajstić information content (AvgIpc) is 2.96. The summed E-state index contributed by atoms with van der Waals surface area (Å²) >= 11 is 5.89. The van der Waals surface area contributed by atoms with Gasteiger partial charge in [0.15, 0.2) is 11.5 Å². The highest BCUT2D eigenvalue weighted by Crippen LogP contribution is 2.27. The van der Waals surface area contributed by atoms with Crippen LogP contribution in [0.4, 0.5) is 5.82 Å². The van der Waals surface area contributed by atoms with E-state index < -0.39 is 0 Å². The van der Waals surface area contributed by atoms with E-state index >= 15 is 0 Å². The molecule has 2 aromatic heterocycles. The number of H-pyrrole nitrogens is 1. The molecule has 1 saturated carbocycles. The van der Waals surface area contributed by atoms with Crippen LogP contribution in [0.15, 0.2) is 6.33 Å². The molecule has 1 aliphatic rings. The fourth-order valence-corrected chi connectivity index (χ4v) is 2.62. The van der Waals surface area contributed by atoms with Gasteiger partial charge in [-0.1, -0.05) is 0 Å². The molecule has 6 nitrogen and oxygen atoms in total. The van der Waals surface area contributed by atoms with Crippen LogP contribution in [-0.4, -0.2) is 39.2 Å². The maximum atomic E-state index is 5.89. The summed E-state index contributed by atoms with van der Waals surface area (Å²) in [5.41, 5.74) is 1.35. The summed E-state index contributed by atoms with van der Waals surface area (Å²) in [6, 6.07) is 0.257. The fourth-order valence-electron chi connectivity index (χ4n) is 2.46. The molecule has 0 spiro atoms. The first-order valence-corrected chi connectivity index (χ1v) is 6.31. The lowest BCUT2D eigenvalue weighted by atomic mass is 10.2. The molecule has 0 aliphatic heterocycles. The monoisotopic (exact) mass is 267 g/mol. The van der Waals surface area contributed by atoms with Gasteiger partial charge in [-0.2, -0.15) is 9.97 Å². The minimum absolute atomic E-state index is 0.198. The molecular weight excluding hydrogens is 254 g/mol. The lowest BCUT2D eigenvalue weighted by Crippen LogP contribution is -2.30. The van der Waals surface area contributed by atoms with Gasteiger partial charge in [0, 0.05) is 7.11 Å². The second kappa shape index (κ2) is 4.70. The predicted molar refractivity (Wildman–Crippen MR) is 68.8 cm³/mol. The molecule has 0 bridgehead atoms. The van der Waals surface area contributed by atoms with Crippen molar-refractivity contribution in [3.8, 4) is 0 Å². The highest BCUT2D eigenvalue weighted by atomic mass is 35.5. The van der Waals surface area contributed by atoms with E-state index in [1.54, 1.807) is 13.4 Å². The van der Waals surface area contributed by atoms with Gasteiger partial charge in [-0.15, -0.1) is 0 Å². The van der Waals surface area contributed by atoms with Crippen molar-refractivity contribution in [1.82, 2.24) is 19.9 Å². The average molecular weight is 268 g/mol. The highest BCUT2D eigenvalue weighted by molar-refractivity contribution is 6.28. The van der Waals surface area contributed by atoms with Gasteiger partial charge < -0.3 is 15.0 Å². The number of aromatic nitrogens is 4. The van der Waals surface area contributed by atoms with E-state index in [1.165, 1.54) is 0 Å². The van der Waals surface area contributed by atoms with Crippen LogP contribution in [0.25, 0.3) is 11.2 Å². The number of halogens is 1. The fraction of sp³-hybridized carbons (Fsp3) is 0.545. The molecule has 0 radical (unpaired) electrons. The van der Waals surface area contributed by atoms with Crippen LogP contribution in [0, 0.1) is 0 Å². The van der Waals surface area contributed by atoms with Gasteiger partial charge in [0.2, 0.25) is 5.28 Å². The molecule has 1 aliphatic carbocycles. The molecule has 2 aromatic rings. The van der Waals surface area contributed by atoms with Crippen molar-refractivity contribution in [3.05, 3.63) is 11.6 Å². The van der Waals surface area contributed by atoms with Crippen molar-refractivity contribution in [1.29, 1.82) is 0 Å². The third kappa shape index (κ3) is 2.02. The zero-order chi connectivity index (χ0) is 12.5. The minimum atomic E-state index is 0.198. The number of rotatable bonds is 3. The Kier molecular flexibility index (Phi) is 3.05. The number of nitrogens with zero attached hydrogens (tertiary/aromatic N) is 3. The van der Waals surface area contributed by atoms with Gasteiger partial charge in [-0.3, -0.25) is 0 Å². The molecule has 3 rings (SSSR count). The van der Waals surface area contributed by atoms with Crippen LogP contribution in [-0.2, 0) is 4.74 Å². The van der Waals surface area contributed by atoms with E-state index in [0.717, 1.165) is 24.8 Å². The Labute approximate surface area is 109 Å². The van der Waals surface area contributed by atoms with Gasteiger partial charge in [0.1, 0.15) is 5.52 Å². The molecule has 0 amide bonds. The number of hydrogen-bond donors (Lipinski definition) is 2. The topological polar surface area (TPSA) is 75.7 Å². The molecule has 2 N–H and O–H groups in total. The SMILES string of the molecule is COC1CCCC1Nc1nc(Cl)nc2nc[nH]c12. The standard InChI is InChI=1S/C11H14ClN5O/c1-18-7-4-2-3-6(7)15-10-8-9(14-5-13-8)16-11(12)17-10/h5-7H,2-4H2,1H3,(H2,13,14,15,16,17). The summed E-state index contributed by atoms with van der Waals surface area (Å²) < 4.78 is 5.46. The first-order valence-electron chi connectivity index (χ1n) is 5.94. The lowest BCUT2D eigenvalue weighted by Gasteiger charge is -2.20. The third-order valence-corrected chi connectivity index (χ3v) is 3.50. The highest BCUT2D eigenvalue weighted by Gasteiger charge is 2.28. The Bertz CT molecular complexity index is 557. The second-order valence-electron chi connectivity index (χ2n) is 4.40. The zero-order valence-corrected chi connectivity index (χ0v) is 10.7. The van der Waals surface area contributed by atoms with E-state index in [0.29, 0.717) is 11.5 Å². The first-order chi connectivity index (χ1) is 8.78. The number of hydrogen-bond acceptors (Lipinski definition) is 5. The van der Waals surface area contributed by atoms with Crippen molar-refractivity contribution in [2.24, 2.45) is 0 Å². The summed E-state index contributed by atoms with van der Waals surface area (Å²) in [4.78, 5) is 15.4. The van der Waals surface area contributed by atoms with Gasteiger partial charge in [-0.25, -0.2) is 4.98 Å². The van der Waals surface area contributed by atoms with Crippen LogP contribution in [0.3, 0.4) is 0 Å². The van der Waals surface area contributed by atoms with Crippen molar-refractivity contribution in [3.63, 3.8) is 0 Å². The van der Waals surface area contributed by atoms with Crippen molar-refractivity contribution < 1.29 is 4.74 Å². The smallest absolute Gasteiger partial charge is 0.226 e. The number of aromatic amines is 1. The Hall–Kier alpha value is -1.40. The molecular formula is C11H14ClN5O. The van der Waals surface area contributed by atoms with Crippen molar-refractivity contribution in [2.75, 3.05) is 12.4 Å². The summed E-state index contributed by atoms with van der Waals surface area (Å²) in [6.45, 7) is 0. The Morgan fingerprint density at radius 1 is 1.44 bits per heavy atom. The number of imidazole rings is 1. The van der Waals surface area contributed by atoms with E-state index in [1.807, 2.05) is 0 Å². The van der Waals surface area contributed by atoms with E-state index in [4.69, 9.17) is 16.3 Å². The maximum absolute atomic E-state index is 5.89. The third-order valence-electron chi connectivity index (χ3n) is 3.34. The Balaban J connectivity index is 1.92. The molecule has 2 heterocycles. The van der Waals surface area contributed by atoms with Crippen molar-refractivity contribution in [2.45, 2.75) is 31.4 Å². The molecule has 0 aromatic carbocycles. The number of anilines is 1. The lowest BCUT2D eigenvalue weighted by molar-refractivity contribution is 0.101. The van der Waals surface area contributed by atoms with Crippen LogP contribution >= 0.6 is 11.6 Å². The van der Waals surface area contributed by atoms with Gasteiger partial charge >= 0.3 is 0 Å². The zero-order valence-electron chi connectivity index (χ0n) is 9.98. The summed E-state index contributed by atoms with van der Waals surface area (Å²) in [5.74, 6) is 0.691. The maximum Gasteiger partial charge on any atom is 0.226 e. The predicted octanol–water partition coefficient (Wildman–Crippen LogP) is 1.99. The molecule has 96 valence electrons. The Morgan fingerprint density at radius 3 is 3.17 bits per heavy atom. The number of methoxy groups -OCH3 is 1. The van der Waals surface area contributed by atoms with Gasteiger partial charge in [-0.05, 0) is 30.9 Å². The van der Waals surface area contributed by atoms with Crippen LogP contribution < -0.4 is 5.32 Å². The molecule has 7 heteroatoms. The molecule has 0 saturated heterocycles. The molecule has 2 atom stereocenters. The van der Waals surface area contributed by atoms with Crippen molar-refractivity contribution >= 4 is 28.6 Å². The largest absolute Gasteiger partial charge is 0.379 e. The number of fused-ring (bicyclic) bond motifs is 1. The summed E-state index contributed by atoms with van der Waals surface area (Å²) in [7, 11) is 1.74. The molecule has 18 heavy (non-hydrogen) atoms. The van der Waals surface area contributed by atoms with Crippen LogP contribution in [0.5, 0.6) is 0 Å². The number of nitrogens with one attached hydrogen (secondary N) is 2. The number of ether oxygens (including phenoxy) is 1. The normalized spacial score (nSPS) is 23.7. The summed E-state index contributed by atoms with van der Waals surface area (Å²) in [6.07, 6.45) is 5.09. The van der Waals surface area contributed by atoms with Gasteiger partial charge in [0.25, 0.3) is 0 Å². The molecule has 1 fully saturated rings. The minimum Gasteiger partial charge on any atom is -0.379 e. The van der Waals surface area contributed by atoms with Crippen LogP contribution in [0.2, 0.25) is 5.28 Å². The van der Waals surface area contributed by atoms with E-state index in [2.05, 4.69) is 25.3 Å². The summed E-state index contributed by atoms with van der Waals surface area (Å²) in [5, 5.41) is 3.58. The van der Waals surface area contributed by atoms with E-state index in [9.17, 15) is 0 Å².